The molecule has 0 aromatic heterocycles. The molecule has 3 atom stereocenters. The molecule has 4 nitrogen and oxygen atoms in total. The number of hydrogen-bond acceptors (Lipinski definition) is 3. The normalized spacial score (nSPS) is 17.5. The molecule has 3 unspecified atom stereocenters. The van der Waals surface area contributed by atoms with Crippen molar-refractivity contribution >= 4 is 5.91 Å². The summed E-state index contributed by atoms with van der Waals surface area (Å²) >= 11 is 0. The van der Waals surface area contributed by atoms with Gasteiger partial charge in [-0.2, -0.15) is 0 Å². The van der Waals surface area contributed by atoms with Crippen molar-refractivity contribution < 1.29 is 15.0 Å². The van der Waals surface area contributed by atoms with Crippen molar-refractivity contribution in [3.63, 3.8) is 0 Å². The first kappa shape index (κ1) is 26.8. The SMILES string of the molecule is CC(C=CC=CC=CC=C(C)C(=O)NC(C)CO)=CC(C)C(O)C(C)=CC(C)C. The maximum atomic E-state index is 11.8. The number of aliphatic hydroxyl groups excluding tert-OH is 2. The van der Waals surface area contributed by atoms with E-state index in [1.165, 1.54) is 0 Å². The van der Waals surface area contributed by atoms with Crippen molar-refractivity contribution in [2.24, 2.45) is 11.8 Å². The fourth-order valence-corrected chi connectivity index (χ4v) is 2.66. The van der Waals surface area contributed by atoms with E-state index >= 15 is 0 Å². The Bertz CT molecular complexity index is 678. The van der Waals surface area contributed by atoms with Gasteiger partial charge in [-0.15, -0.1) is 0 Å². The Morgan fingerprint density at radius 1 is 0.931 bits per heavy atom. The predicted molar refractivity (Wildman–Crippen MR) is 123 cm³/mol. The van der Waals surface area contributed by atoms with E-state index in [-0.39, 0.29) is 24.5 Å². The first-order valence-corrected chi connectivity index (χ1v) is 10.2. The van der Waals surface area contributed by atoms with Gasteiger partial charge in [-0.05, 0) is 39.2 Å². The van der Waals surface area contributed by atoms with Crippen LogP contribution < -0.4 is 5.32 Å². The second kappa shape index (κ2) is 14.8. The standard InChI is InChI=1S/C25H39NO3/c1-18(2)15-21(5)24(28)22(6)16-19(3)13-11-9-8-10-12-14-20(4)25(29)26-23(7)17-27/h8-16,18,22-24,27-28H,17H2,1-7H3,(H,26,29). The molecule has 0 aliphatic carbocycles. The first-order chi connectivity index (χ1) is 13.6. The number of allylic oxidation sites excluding steroid dienone is 9. The van der Waals surface area contributed by atoms with Crippen molar-refractivity contribution in [1.82, 2.24) is 5.32 Å². The summed E-state index contributed by atoms with van der Waals surface area (Å²) in [6, 6.07) is -0.255. The Morgan fingerprint density at radius 2 is 1.52 bits per heavy atom. The highest BCUT2D eigenvalue weighted by atomic mass is 16.3. The number of carbonyl (C=O) groups excluding carboxylic acids is 1. The van der Waals surface area contributed by atoms with Crippen LogP contribution in [0.1, 0.15) is 48.5 Å². The summed E-state index contributed by atoms with van der Waals surface area (Å²) in [6.45, 7) is 13.6. The second-order valence-electron chi connectivity index (χ2n) is 7.91. The second-order valence-corrected chi connectivity index (χ2v) is 7.91. The lowest BCUT2D eigenvalue weighted by molar-refractivity contribution is -0.118. The molecule has 0 saturated carbocycles. The molecule has 1 amide bonds. The maximum Gasteiger partial charge on any atom is 0.247 e. The molecule has 0 aliphatic rings. The van der Waals surface area contributed by atoms with Gasteiger partial charge in [0.15, 0.2) is 0 Å². The number of amides is 1. The van der Waals surface area contributed by atoms with Gasteiger partial charge in [0.05, 0.1) is 12.7 Å². The minimum atomic E-state index is -0.466. The van der Waals surface area contributed by atoms with E-state index in [2.05, 4.69) is 31.3 Å². The van der Waals surface area contributed by atoms with Crippen LogP contribution in [0.4, 0.5) is 0 Å². The lowest BCUT2D eigenvalue weighted by Gasteiger charge is -2.18. The minimum Gasteiger partial charge on any atom is -0.394 e. The molecule has 0 radical (unpaired) electrons. The van der Waals surface area contributed by atoms with Crippen LogP contribution in [0.2, 0.25) is 0 Å². The van der Waals surface area contributed by atoms with Crippen molar-refractivity contribution in [3.8, 4) is 0 Å². The molecule has 0 aromatic carbocycles. The van der Waals surface area contributed by atoms with Gasteiger partial charge in [0, 0.05) is 17.5 Å². The largest absolute Gasteiger partial charge is 0.394 e. The molecule has 162 valence electrons. The lowest BCUT2D eigenvalue weighted by Crippen LogP contribution is -2.35. The summed E-state index contributed by atoms with van der Waals surface area (Å²) in [4.78, 5) is 11.8. The molecule has 0 heterocycles. The van der Waals surface area contributed by atoms with E-state index in [1.54, 1.807) is 26.0 Å². The highest BCUT2D eigenvalue weighted by Crippen LogP contribution is 2.17. The zero-order chi connectivity index (χ0) is 22.4. The molecule has 0 bridgehead atoms. The Kier molecular flexibility index (Phi) is 13.7. The summed E-state index contributed by atoms with van der Waals surface area (Å²) < 4.78 is 0. The Morgan fingerprint density at radius 3 is 2.10 bits per heavy atom. The number of hydrogen-bond donors (Lipinski definition) is 3. The third-order valence-electron chi connectivity index (χ3n) is 4.25. The molecule has 0 aliphatic heterocycles. The monoisotopic (exact) mass is 401 g/mol. The minimum absolute atomic E-state index is 0.0475. The van der Waals surface area contributed by atoms with Crippen molar-refractivity contribution in [2.75, 3.05) is 6.61 Å². The summed E-state index contributed by atoms with van der Waals surface area (Å²) in [7, 11) is 0. The van der Waals surface area contributed by atoms with E-state index in [0.29, 0.717) is 11.5 Å². The van der Waals surface area contributed by atoms with Gasteiger partial charge < -0.3 is 15.5 Å². The zero-order valence-electron chi connectivity index (χ0n) is 19.0. The smallest absolute Gasteiger partial charge is 0.247 e. The summed E-state index contributed by atoms with van der Waals surface area (Å²) in [6.07, 6.45) is 16.8. The summed E-state index contributed by atoms with van der Waals surface area (Å²) in [5.74, 6) is 0.291. The number of aliphatic hydroxyl groups is 2. The van der Waals surface area contributed by atoms with E-state index in [1.807, 2.05) is 51.2 Å². The third kappa shape index (κ3) is 12.8. The molecule has 4 heteroatoms. The molecular weight excluding hydrogens is 362 g/mol. The molecule has 0 spiro atoms. The molecule has 0 rings (SSSR count). The maximum absolute atomic E-state index is 11.8. The van der Waals surface area contributed by atoms with Crippen LogP contribution in [0.5, 0.6) is 0 Å². The van der Waals surface area contributed by atoms with Crippen LogP contribution in [0.3, 0.4) is 0 Å². The zero-order valence-corrected chi connectivity index (χ0v) is 19.0. The number of rotatable bonds is 11. The van der Waals surface area contributed by atoms with E-state index < -0.39 is 6.10 Å². The van der Waals surface area contributed by atoms with Gasteiger partial charge in [0.1, 0.15) is 0 Å². The van der Waals surface area contributed by atoms with E-state index in [0.717, 1.165) is 11.1 Å². The Hall–Kier alpha value is -2.17. The van der Waals surface area contributed by atoms with Crippen LogP contribution in [0.15, 0.2) is 71.4 Å². The Labute approximate surface area is 177 Å². The van der Waals surface area contributed by atoms with Gasteiger partial charge >= 0.3 is 0 Å². The van der Waals surface area contributed by atoms with Crippen molar-refractivity contribution in [2.45, 2.75) is 60.6 Å². The third-order valence-corrected chi connectivity index (χ3v) is 4.25. The topological polar surface area (TPSA) is 69.6 Å². The van der Waals surface area contributed by atoms with Gasteiger partial charge in [0.25, 0.3) is 0 Å². The predicted octanol–water partition coefficient (Wildman–Crippen LogP) is 4.64. The fraction of sp³-hybridized carbons (Fsp3) is 0.480. The highest BCUT2D eigenvalue weighted by molar-refractivity contribution is 5.93. The van der Waals surface area contributed by atoms with Crippen LogP contribution in [-0.2, 0) is 4.79 Å². The average Bonchev–Trinajstić information content (AvgIpc) is 2.65. The van der Waals surface area contributed by atoms with E-state index in [4.69, 9.17) is 5.11 Å². The summed E-state index contributed by atoms with van der Waals surface area (Å²) in [5.41, 5.74) is 2.68. The van der Waals surface area contributed by atoms with Crippen molar-refractivity contribution in [1.29, 1.82) is 0 Å². The highest BCUT2D eigenvalue weighted by Gasteiger charge is 2.13. The van der Waals surface area contributed by atoms with Crippen LogP contribution in [0, 0.1) is 11.8 Å². The molecule has 29 heavy (non-hydrogen) atoms. The van der Waals surface area contributed by atoms with Gasteiger partial charge in [-0.1, -0.05) is 81.0 Å². The lowest BCUT2D eigenvalue weighted by atomic mass is 9.94. The number of carbonyl (C=O) groups is 1. The average molecular weight is 402 g/mol. The first-order valence-electron chi connectivity index (χ1n) is 10.2. The van der Waals surface area contributed by atoms with Crippen molar-refractivity contribution in [3.05, 3.63) is 71.4 Å². The number of nitrogens with one attached hydrogen (secondary N) is 1. The quantitative estimate of drug-likeness (QED) is 0.268. The van der Waals surface area contributed by atoms with Crippen LogP contribution >= 0.6 is 0 Å². The van der Waals surface area contributed by atoms with Gasteiger partial charge in [-0.3, -0.25) is 4.79 Å². The molecule has 0 saturated heterocycles. The van der Waals surface area contributed by atoms with Crippen LogP contribution in [0.25, 0.3) is 0 Å². The van der Waals surface area contributed by atoms with Crippen LogP contribution in [-0.4, -0.2) is 34.9 Å². The molecule has 0 aromatic rings. The van der Waals surface area contributed by atoms with Gasteiger partial charge in [-0.25, -0.2) is 0 Å². The van der Waals surface area contributed by atoms with E-state index in [9.17, 15) is 9.90 Å². The summed E-state index contributed by atoms with van der Waals surface area (Å²) in [5, 5.41) is 22.0. The molecule has 0 fully saturated rings. The van der Waals surface area contributed by atoms with Gasteiger partial charge in [0.2, 0.25) is 5.91 Å². The Balaban J connectivity index is 4.65. The molecule has 3 N–H and O–H groups in total. The molecular formula is C25H39NO3. The fourth-order valence-electron chi connectivity index (χ4n) is 2.66.